The number of hydrogen-bond acceptors (Lipinski definition) is 11. The molecule has 280 valence electrons. The van der Waals surface area contributed by atoms with E-state index in [0.717, 1.165) is 11.1 Å². The van der Waals surface area contributed by atoms with Crippen molar-refractivity contribution in [3.8, 4) is 11.5 Å². The molecule has 2 amide bonds. The van der Waals surface area contributed by atoms with E-state index in [4.69, 9.17) is 14.2 Å². The number of hydrogen-bond donors (Lipinski definition) is 5. The third kappa shape index (κ3) is 16.5. The van der Waals surface area contributed by atoms with Gasteiger partial charge in [-0.3, -0.25) is 9.59 Å². The lowest BCUT2D eigenvalue weighted by Crippen LogP contribution is -2.45. The Morgan fingerprint density at radius 1 is 0.566 bits per heavy atom. The number of phenols is 2. The van der Waals surface area contributed by atoms with E-state index in [1.54, 1.807) is 24.3 Å². The highest BCUT2D eigenvalue weighted by atomic mass is 16.6. The summed E-state index contributed by atoms with van der Waals surface area (Å²) in [6.45, 7) is -0.477. The van der Waals surface area contributed by atoms with Gasteiger partial charge >= 0.3 is 17.9 Å². The summed E-state index contributed by atoms with van der Waals surface area (Å²) in [5.41, 5.74) is 3.24. The number of benzene rings is 4. The highest BCUT2D eigenvalue weighted by Crippen LogP contribution is 2.13. The van der Waals surface area contributed by atoms with Crippen molar-refractivity contribution in [1.29, 1.82) is 0 Å². The monoisotopic (exact) mass is 730 g/mol. The largest absolute Gasteiger partial charge is 0.508 e. The van der Waals surface area contributed by atoms with Crippen molar-refractivity contribution in [3.05, 3.63) is 131 Å². The molecule has 0 radical (unpaired) electrons. The van der Waals surface area contributed by atoms with Gasteiger partial charge in [-0.25, -0.2) is 14.4 Å². The standard InChI is InChI=1S/C21H23NO7.C18H19NO5/c1-27-20(25)14-29-21(26)18(11-15-7-9-17(23)10-8-15)22-19(24)13-28-12-16-5-3-2-4-6-16;20-15-8-6-13(7-9-15)10-16(18(22)23)19-17(21)12-24-11-14-4-2-1-3-5-14/h2-10,18,23H,11-14H2,1H3,(H,22,24);1-9,16,20H,10-12H2,(H,19,21)(H,22,23). The number of carbonyl (C=O) groups excluding carboxylic acids is 4. The number of carboxylic acid groups (broad SMARTS) is 1. The maximum Gasteiger partial charge on any atom is 0.344 e. The molecule has 0 bridgehead atoms. The Balaban J connectivity index is 0.000000290. The zero-order chi connectivity index (χ0) is 38.4. The second-order valence-corrected chi connectivity index (χ2v) is 11.5. The van der Waals surface area contributed by atoms with Crippen LogP contribution in [0.5, 0.6) is 11.5 Å². The number of methoxy groups -OCH3 is 1. The molecule has 5 N–H and O–H groups in total. The normalized spacial score (nSPS) is 11.5. The molecular formula is C39H42N2O12. The van der Waals surface area contributed by atoms with Crippen LogP contribution in [-0.4, -0.2) is 84.1 Å². The number of aromatic hydroxyl groups is 2. The highest BCUT2D eigenvalue weighted by Gasteiger charge is 2.24. The summed E-state index contributed by atoms with van der Waals surface area (Å²) < 4.78 is 20.0. The summed E-state index contributed by atoms with van der Waals surface area (Å²) in [5.74, 6) is -3.42. The van der Waals surface area contributed by atoms with E-state index in [-0.39, 0.29) is 50.8 Å². The number of rotatable bonds is 18. The Morgan fingerprint density at radius 3 is 1.40 bits per heavy atom. The lowest BCUT2D eigenvalue weighted by atomic mass is 10.1. The Labute approximate surface area is 306 Å². The molecule has 0 spiro atoms. The van der Waals surface area contributed by atoms with Gasteiger partial charge in [-0.2, -0.15) is 0 Å². The van der Waals surface area contributed by atoms with E-state index >= 15 is 0 Å². The molecule has 0 saturated heterocycles. The van der Waals surface area contributed by atoms with E-state index < -0.39 is 48.4 Å². The number of carboxylic acids is 1. The number of amides is 2. The van der Waals surface area contributed by atoms with Crippen molar-refractivity contribution in [3.63, 3.8) is 0 Å². The van der Waals surface area contributed by atoms with E-state index in [9.17, 15) is 39.3 Å². The van der Waals surface area contributed by atoms with Crippen LogP contribution in [0.2, 0.25) is 0 Å². The molecule has 0 heterocycles. The molecule has 0 saturated carbocycles. The molecule has 4 aromatic carbocycles. The van der Waals surface area contributed by atoms with Crippen LogP contribution in [0.4, 0.5) is 0 Å². The van der Waals surface area contributed by atoms with Crippen LogP contribution in [-0.2, 0) is 69.0 Å². The Morgan fingerprint density at radius 2 is 0.981 bits per heavy atom. The predicted octanol–water partition coefficient (Wildman–Crippen LogP) is 3.07. The van der Waals surface area contributed by atoms with E-state index in [1.807, 2.05) is 60.7 Å². The fraction of sp³-hybridized carbons (Fsp3) is 0.256. The van der Waals surface area contributed by atoms with Crippen LogP contribution >= 0.6 is 0 Å². The first-order valence-corrected chi connectivity index (χ1v) is 16.4. The third-order valence-electron chi connectivity index (χ3n) is 7.25. The molecule has 0 aliphatic carbocycles. The topological polar surface area (TPSA) is 207 Å². The van der Waals surface area contributed by atoms with E-state index in [0.29, 0.717) is 11.1 Å². The molecule has 0 fully saturated rings. The van der Waals surface area contributed by atoms with Crippen LogP contribution in [0.3, 0.4) is 0 Å². The van der Waals surface area contributed by atoms with Gasteiger partial charge in [-0.1, -0.05) is 84.9 Å². The number of carbonyl (C=O) groups is 5. The average Bonchev–Trinajstić information content (AvgIpc) is 3.16. The van der Waals surface area contributed by atoms with Crippen LogP contribution in [0.15, 0.2) is 109 Å². The minimum atomic E-state index is -1.13. The SMILES string of the molecule is COC(=O)COC(=O)C(Cc1ccc(O)cc1)NC(=O)COCc1ccccc1.O=C(COCc1ccccc1)NC(Cc1ccc(O)cc1)C(=O)O. The summed E-state index contributed by atoms with van der Waals surface area (Å²) in [7, 11) is 1.18. The molecule has 14 nitrogen and oxygen atoms in total. The first-order chi connectivity index (χ1) is 25.5. The maximum atomic E-state index is 12.3. The molecule has 0 aliphatic rings. The zero-order valence-electron chi connectivity index (χ0n) is 29.0. The number of ether oxygens (including phenoxy) is 4. The average molecular weight is 731 g/mol. The van der Waals surface area contributed by atoms with E-state index in [1.165, 1.54) is 31.4 Å². The van der Waals surface area contributed by atoms with Crippen molar-refractivity contribution < 1.29 is 58.2 Å². The van der Waals surface area contributed by atoms with E-state index in [2.05, 4.69) is 15.4 Å². The first-order valence-electron chi connectivity index (χ1n) is 16.4. The number of phenolic OH excluding ortho intramolecular Hbond substituents is 2. The fourth-order valence-corrected chi connectivity index (χ4v) is 4.56. The molecule has 14 heteroatoms. The molecule has 2 atom stereocenters. The van der Waals surface area contributed by atoms with Gasteiger partial charge in [0.2, 0.25) is 11.8 Å². The minimum absolute atomic E-state index is 0.0805. The first kappa shape index (κ1) is 41.2. The van der Waals surface area contributed by atoms with Crippen molar-refractivity contribution >= 4 is 29.7 Å². The fourth-order valence-electron chi connectivity index (χ4n) is 4.56. The molecule has 0 aromatic heterocycles. The highest BCUT2D eigenvalue weighted by molar-refractivity contribution is 5.86. The summed E-state index contributed by atoms with van der Waals surface area (Å²) >= 11 is 0. The Hall–Kier alpha value is -6.25. The summed E-state index contributed by atoms with van der Waals surface area (Å²) in [6, 6.07) is 29.0. The number of nitrogens with one attached hydrogen (secondary N) is 2. The summed E-state index contributed by atoms with van der Waals surface area (Å²) in [6.07, 6.45) is 0.241. The summed E-state index contributed by atoms with van der Waals surface area (Å²) in [5, 5.41) is 32.8. The number of esters is 2. The maximum absolute atomic E-state index is 12.3. The van der Waals surface area contributed by atoms with Crippen LogP contribution in [0.25, 0.3) is 0 Å². The van der Waals surface area contributed by atoms with Gasteiger partial charge < -0.3 is 44.9 Å². The van der Waals surface area contributed by atoms with Gasteiger partial charge in [0, 0.05) is 12.8 Å². The van der Waals surface area contributed by atoms with Gasteiger partial charge in [0.15, 0.2) is 6.61 Å². The van der Waals surface area contributed by atoms with Crippen molar-refractivity contribution in [2.75, 3.05) is 26.9 Å². The third-order valence-corrected chi connectivity index (χ3v) is 7.25. The molecule has 4 aromatic rings. The molecular weight excluding hydrogens is 688 g/mol. The second kappa shape index (κ2) is 22.5. The van der Waals surface area contributed by atoms with Crippen LogP contribution in [0, 0.1) is 0 Å². The number of aliphatic carboxylic acids is 1. The van der Waals surface area contributed by atoms with Crippen molar-refractivity contribution in [1.82, 2.24) is 10.6 Å². The quantitative estimate of drug-likeness (QED) is 0.0937. The zero-order valence-corrected chi connectivity index (χ0v) is 29.0. The summed E-state index contributed by atoms with van der Waals surface area (Å²) in [4.78, 5) is 58.9. The Bertz CT molecular complexity index is 1730. The lowest BCUT2D eigenvalue weighted by Gasteiger charge is -2.18. The van der Waals surface area contributed by atoms with Crippen LogP contribution < -0.4 is 10.6 Å². The van der Waals surface area contributed by atoms with Gasteiger partial charge in [-0.15, -0.1) is 0 Å². The van der Waals surface area contributed by atoms with Crippen molar-refractivity contribution in [2.45, 2.75) is 38.1 Å². The molecule has 53 heavy (non-hydrogen) atoms. The molecule has 0 aliphatic heterocycles. The second-order valence-electron chi connectivity index (χ2n) is 11.5. The van der Waals surface area contributed by atoms with Gasteiger partial charge in [0.05, 0.1) is 20.3 Å². The Kier molecular flexibility index (Phi) is 17.5. The molecule has 2 unspecified atom stereocenters. The van der Waals surface area contributed by atoms with Gasteiger partial charge in [0.1, 0.15) is 36.8 Å². The van der Waals surface area contributed by atoms with Crippen LogP contribution in [0.1, 0.15) is 22.3 Å². The predicted molar refractivity (Wildman–Crippen MR) is 190 cm³/mol. The van der Waals surface area contributed by atoms with Crippen molar-refractivity contribution in [2.24, 2.45) is 0 Å². The van der Waals surface area contributed by atoms with Gasteiger partial charge in [0.25, 0.3) is 0 Å². The minimum Gasteiger partial charge on any atom is -0.508 e. The smallest absolute Gasteiger partial charge is 0.344 e. The lowest BCUT2D eigenvalue weighted by molar-refractivity contribution is -0.158. The molecule has 4 rings (SSSR count). The van der Waals surface area contributed by atoms with Gasteiger partial charge in [-0.05, 0) is 46.5 Å².